The van der Waals surface area contributed by atoms with Crippen LogP contribution in [0.1, 0.15) is 21.0 Å². The van der Waals surface area contributed by atoms with E-state index < -0.39 is 0 Å². The number of aryl methyl sites for hydroxylation is 1. The van der Waals surface area contributed by atoms with Crippen LogP contribution in [0, 0.1) is 6.92 Å². The first-order chi connectivity index (χ1) is 13.0. The number of amides is 1. The molecule has 1 fully saturated rings. The topological polar surface area (TPSA) is 65.7 Å². The van der Waals surface area contributed by atoms with E-state index in [0.717, 1.165) is 58.4 Å². The second-order valence-corrected chi connectivity index (χ2v) is 7.96. The number of hydrogen-bond acceptors (Lipinski definition) is 7. The molecule has 3 aromatic rings. The molecule has 0 N–H and O–H groups in total. The van der Waals surface area contributed by atoms with Crippen molar-refractivity contribution in [2.24, 2.45) is 0 Å². The Morgan fingerprint density at radius 3 is 2.78 bits per heavy atom. The second-order valence-electron chi connectivity index (χ2n) is 6.96. The number of fused-ring (bicyclic) bond motifs is 1. The molecule has 27 heavy (non-hydrogen) atoms. The molecule has 142 valence electrons. The van der Waals surface area contributed by atoms with Crippen LogP contribution in [0.15, 0.2) is 29.1 Å². The van der Waals surface area contributed by atoms with Gasteiger partial charge in [-0.05, 0) is 31.7 Å². The van der Waals surface area contributed by atoms with Crippen molar-refractivity contribution in [1.82, 2.24) is 19.8 Å². The van der Waals surface area contributed by atoms with E-state index in [4.69, 9.17) is 4.42 Å². The van der Waals surface area contributed by atoms with Crippen LogP contribution < -0.4 is 4.90 Å². The van der Waals surface area contributed by atoms with Crippen molar-refractivity contribution in [3.8, 4) is 0 Å². The maximum atomic E-state index is 13.0. The van der Waals surface area contributed by atoms with Crippen molar-refractivity contribution in [2.75, 3.05) is 45.2 Å². The number of rotatable bonds is 4. The summed E-state index contributed by atoms with van der Waals surface area (Å²) in [5.74, 6) is 1.69. The van der Waals surface area contributed by atoms with Gasteiger partial charge in [-0.25, -0.2) is 9.97 Å². The zero-order valence-corrected chi connectivity index (χ0v) is 16.6. The van der Waals surface area contributed by atoms with E-state index in [1.54, 1.807) is 24.5 Å². The maximum absolute atomic E-state index is 13.0. The van der Waals surface area contributed by atoms with Gasteiger partial charge in [0.2, 0.25) is 0 Å². The number of thiophene rings is 1. The number of likely N-dealkylation sites (N-methyl/N-ethyl adjacent to an activating group) is 1. The predicted octanol–water partition coefficient (Wildman–Crippen LogP) is 2.62. The first-order valence-corrected chi connectivity index (χ1v) is 9.81. The number of furan rings is 1. The first kappa shape index (κ1) is 17.9. The Labute approximate surface area is 162 Å². The lowest BCUT2D eigenvalue weighted by molar-refractivity contribution is 0.0779. The zero-order chi connectivity index (χ0) is 19.0. The predicted molar refractivity (Wildman–Crippen MR) is 106 cm³/mol. The quantitative estimate of drug-likeness (QED) is 0.688. The number of nitrogens with zero attached hydrogens (tertiary/aromatic N) is 5. The summed E-state index contributed by atoms with van der Waals surface area (Å²) >= 11 is 1.44. The molecule has 4 heterocycles. The van der Waals surface area contributed by atoms with Crippen molar-refractivity contribution in [3.63, 3.8) is 0 Å². The zero-order valence-electron chi connectivity index (χ0n) is 15.8. The second kappa shape index (κ2) is 7.28. The SMILES string of the molecule is Cc1c(C(=O)N(C)Cc2ccco2)sc2ncnc(N3CCN(C)CC3)c12. The molecule has 3 aromatic heterocycles. The van der Waals surface area contributed by atoms with E-state index in [1.165, 1.54) is 11.3 Å². The lowest BCUT2D eigenvalue weighted by Gasteiger charge is -2.33. The standard InChI is InChI=1S/C19H23N5O2S/c1-13-15-17(24-8-6-22(2)7-9-24)20-12-21-18(15)27-16(13)19(25)23(3)11-14-5-4-10-26-14/h4-5,10,12H,6-9,11H2,1-3H3. The van der Waals surface area contributed by atoms with Gasteiger partial charge in [0, 0.05) is 33.2 Å². The van der Waals surface area contributed by atoms with Gasteiger partial charge in [-0.1, -0.05) is 0 Å². The van der Waals surface area contributed by atoms with Gasteiger partial charge in [0.25, 0.3) is 5.91 Å². The normalized spacial score (nSPS) is 15.4. The van der Waals surface area contributed by atoms with Crippen molar-refractivity contribution in [3.05, 3.63) is 40.9 Å². The molecule has 0 radical (unpaired) electrons. The van der Waals surface area contributed by atoms with Gasteiger partial charge >= 0.3 is 0 Å². The Morgan fingerprint density at radius 1 is 1.30 bits per heavy atom. The van der Waals surface area contributed by atoms with Crippen LogP contribution in [0.4, 0.5) is 5.82 Å². The van der Waals surface area contributed by atoms with Crippen LogP contribution in [0.2, 0.25) is 0 Å². The lowest BCUT2D eigenvalue weighted by atomic mass is 10.1. The number of piperazine rings is 1. The third-order valence-electron chi connectivity index (χ3n) is 5.02. The average molecular weight is 385 g/mol. The fourth-order valence-corrected chi connectivity index (χ4v) is 4.53. The fourth-order valence-electron chi connectivity index (χ4n) is 3.40. The van der Waals surface area contributed by atoms with E-state index in [-0.39, 0.29) is 5.91 Å². The number of carbonyl (C=O) groups excluding carboxylic acids is 1. The van der Waals surface area contributed by atoms with E-state index in [1.807, 2.05) is 19.1 Å². The van der Waals surface area contributed by atoms with Crippen molar-refractivity contribution >= 4 is 33.3 Å². The molecule has 1 aliphatic heterocycles. The minimum atomic E-state index is -0.0174. The molecule has 0 aromatic carbocycles. The van der Waals surface area contributed by atoms with Crippen molar-refractivity contribution < 1.29 is 9.21 Å². The smallest absolute Gasteiger partial charge is 0.264 e. The number of carbonyl (C=O) groups is 1. The molecule has 8 heteroatoms. The highest BCUT2D eigenvalue weighted by Crippen LogP contribution is 2.35. The third kappa shape index (κ3) is 3.42. The highest BCUT2D eigenvalue weighted by molar-refractivity contribution is 7.20. The average Bonchev–Trinajstić information content (AvgIpc) is 3.29. The summed E-state index contributed by atoms with van der Waals surface area (Å²) in [6.45, 7) is 6.31. The number of hydrogen-bond donors (Lipinski definition) is 0. The summed E-state index contributed by atoms with van der Waals surface area (Å²) in [4.78, 5) is 29.9. The minimum Gasteiger partial charge on any atom is -0.467 e. The summed E-state index contributed by atoms with van der Waals surface area (Å²) in [6, 6.07) is 3.70. The van der Waals surface area contributed by atoms with Crippen LogP contribution in [0.3, 0.4) is 0 Å². The first-order valence-electron chi connectivity index (χ1n) is 9.00. The van der Waals surface area contributed by atoms with Gasteiger partial charge in [0.1, 0.15) is 22.7 Å². The van der Waals surface area contributed by atoms with Gasteiger partial charge in [0.05, 0.1) is 23.1 Å². The van der Waals surface area contributed by atoms with Gasteiger partial charge in [0.15, 0.2) is 0 Å². The van der Waals surface area contributed by atoms with E-state index in [9.17, 15) is 4.79 Å². The molecule has 1 saturated heterocycles. The maximum Gasteiger partial charge on any atom is 0.264 e. The van der Waals surface area contributed by atoms with Gasteiger partial charge in [-0.3, -0.25) is 4.79 Å². The number of aromatic nitrogens is 2. The van der Waals surface area contributed by atoms with Gasteiger partial charge in [-0.15, -0.1) is 11.3 Å². The summed E-state index contributed by atoms with van der Waals surface area (Å²) in [5.41, 5.74) is 0.959. The Bertz CT molecular complexity index is 945. The van der Waals surface area contributed by atoms with Gasteiger partial charge in [-0.2, -0.15) is 0 Å². The van der Waals surface area contributed by atoms with E-state index in [2.05, 4.69) is 26.8 Å². The number of anilines is 1. The Morgan fingerprint density at radius 2 is 2.07 bits per heavy atom. The molecule has 0 spiro atoms. The van der Waals surface area contributed by atoms with Crippen LogP contribution in [-0.4, -0.2) is 65.9 Å². The van der Waals surface area contributed by atoms with Crippen molar-refractivity contribution in [2.45, 2.75) is 13.5 Å². The van der Waals surface area contributed by atoms with Crippen molar-refractivity contribution in [1.29, 1.82) is 0 Å². The molecular formula is C19H23N5O2S. The molecule has 1 amide bonds. The molecule has 0 aliphatic carbocycles. The molecular weight excluding hydrogens is 362 g/mol. The molecule has 4 rings (SSSR count). The Hall–Kier alpha value is -2.45. The Kier molecular flexibility index (Phi) is 4.84. The molecule has 0 unspecified atom stereocenters. The summed E-state index contributed by atoms with van der Waals surface area (Å²) < 4.78 is 5.36. The lowest BCUT2D eigenvalue weighted by Crippen LogP contribution is -2.44. The van der Waals surface area contributed by atoms with E-state index >= 15 is 0 Å². The van der Waals surface area contributed by atoms with E-state index in [0.29, 0.717) is 6.54 Å². The molecule has 7 nitrogen and oxygen atoms in total. The summed E-state index contributed by atoms with van der Waals surface area (Å²) in [6.07, 6.45) is 3.23. The monoisotopic (exact) mass is 385 g/mol. The largest absolute Gasteiger partial charge is 0.467 e. The minimum absolute atomic E-state index is 0.0174. The van der Waals surface area contributed by atoms with Crippen LogP contribution in [0.5, 0.6) is 0 Å². The highest BCUT2D eigenvalue weighted by Gasteiger charge is 2.25. The van der Waals surface area contributed by atoms with Crippen LogP contribution in [0.25, 0.3) is 10.2 Å². The Balaban J connectivity index is 1.65. The third-order valence-corrected chi connectivity index (χ3v) is 6.21. The fraction of sp³-hybridized carbons (Fsp3) is 0.421. The highest BCUT2D eigenvalue weighted by atomic mass is 32.1. The molecule has 0 atom stereocenters. The molecule has 1 aliphatic rings. The molecule has 0 saturated carbocycles. The summed E-state index contributed by atoms with van der Waals surface area (Å²) in [7, 11) is 3.93. The van der Waals surface area contributed by atoms with Crippen LogP contribution in [-0.2, 0) is 6.54 Å². The van der Waals surface area contributed by atoms with Crippen LogP contribution >= 0.6 is 11.3 Å². The molecule has 0 bridgehead atoms. The summed E-state index contributed by atoms with van der Waals surface area (Å²) in [5, 5.41) is 1.00. The van der Waals surface area contributed by atoms with Gasteiger partial charge < -0.3 is 19.1 Å².